The number of nitrogens with one attached hydrogen (secondary N) is 1. The highest BCUT2D eigenvalue weighted by atomic mass is 35.5. The number of methoxy groups -OCH3 is 1. The molecule has 1 aliphatic rings. The number of sulfonamides is 1. The third-order valence-corrected chi connectivity index (χ3v) is 8.82. The van der Waals surface area contributed by atoms with E-state index >= 15 is 0 Å². The zero-order valence-electron chi connectivity index (χ0n) is 22.3. The zero-order valence-corrected chi connectivity index (χ0v) is 25.3. The standard InChI is InChI=1S/C27H34Cl3N3O5S/c1-4-24(27(35)31-20-8-6-5-7-9-20)32(16-18-10-11-19(28)14-22(18)29)26(34)17-33(39(3,36)37)21-12-13-25(38-2)23(30)15-21/h10-15,20,24H,4-9,16-17H2,1-3H3,(H,31,35)/t24-/m0/s1. The van der Waals surface area contributed by atoms with Crippen LogP contribution in [0.2, 0.25) is 15.1 Å². The van der Waals surface area contributed by atoms with Gasteiger partial charge in [0.05, 0.1) is 24.1 Å². The number of benzene rings is 2. The molecule has 3 rings (SSSR count). The number of halogens is 3. The summed E-state index contributed by atoms with van der Waals surface area (Å²) in [6.07, 6.45) is 6.32. The Bertz CT molecular complexity index is 1290. The average molecular weight is 619 g/mol. The summed E-state index contributed by atoms with van der Waals surface area (Å²) in [5, 5.41) is 4.07. The molecule has 0 bridgehead atoms. The molecule has 0 radical (unpaired) electrons. The van der Waals surface area contributed by atoms with Gasteiger partial charge in [-0.25, -0.2) is 8.42 Å². The molecule has 2 amide bonds. The monoisotopic (exact) mass is 617 g/mol. The second-order valence-electron chi connectivity index (χ2n) is 9.61. The van der Waals surface area contributed by atoms with Gasteiger partial charge < -0.3 is 15.0 Å². The molecule has 1 atom stereocenters. The van der Waals surface area contributed by atoms with Crippen molar-refractivity contribution in [2.24, 2.45) is 0 Å². The molecule has 12 heteroatoms. The predicted octanol–water partition coefficient (Wildman–Crippen LogP) is 5.68. The van der Waals surface area contributed by atoms with E-state index in [1.807, 2.05) is 6.92 Å². The molecule has 1 aliphatic carbocycles. The molecular formula is C27H34Cl3N3O5S. The maximum atomic E-state index is 13.9. The van der Waals surface area contributed by atoms with Crippen molar-refractivity contribution < 1.29 is 22.7 Å². The Morgan fingerprint density at radius 2 is 1.74 bits per heavy atom. The summed E-state index contributed by atoms with van der Waals surface area (Å²) in [5.74, 6) is -0.477. The van der Waals surface area contributed by atoms with Gasteiger partial charge in [0.25, 0.3) is 0 Å². The van der Waals surface area contributed by atoms with Crippen LogP contribution in [0, 0.1) is 0 Å². The Morgan fingerprint density at radius 1 is 1.05 bits per heavy atom. The van der Waals surface area contributed by atoms with Crippen LogP contribution in [-0.4, -0.2) is 57.1 Å². The number of amides is 2. The summed E-state index contributed by atoms with van der Waals surface area (Å²) in [6, 6.07) is 8.56. The van der Waals surface area contributed by atoms with Crippen LogP contribution >= 0.6 is 34.8 Å². The van der Waals surface area contributed by atoms with Gasteiger partial charge >= 0.3 is 0 Å². The Kier molecular flexibility index (Phi) is 11.2. The molecule has 0 aliphatic heterocycles. The number of nitrogens with zero attached hydrogens (tertiary/aromatic N) is 2. The van der Waals surface area contributed by atoms with E-state index in [-0.39, 0.29) is 29.2 Å². The molecule has 0 spiro atoms. The van der Waals surface area contributed by atoms with Gasteiger partial charge in [0.15, 0.2) is 0 Å². The number of hydrogen-bond acceptors (Lipinski definition) is 5. The number of anilines is 1. The molecule has 39 heavy (non-hydrogen) atoms. The van der Waals surface area contributed by atoms with Gasteiger partial charge in [-0.3, -0.25) is 13.9 Å². The smallest absolute Gasteiger partial charge is 0.244 e. The van der Waals surface area contributed by atoms with Gasteiger partial charge in [0, 0.05) is 22.6 Å². The van der Waals surface area contributed by atoms with Crippen LogP contribution in [0.3, 0.4) is 0 Å². The second kappa shape index (κ2) is 13.9. The zero-order chi connectivity index (χ0) is 28.7. The summed E-state index contributed by atoms with van der Waals surface area (Å²) in [6.45, 7) is 1.26. The first kappa shape index (κ1) is 31.3. The highest BCUT2D eigenvalue weighted by molar-refractivity contribution is 7.92. The van der Waals surface area contributed by atoms with E-state index in [1.165, 1.54) is 30.2 Å². The summed E-state index contributed by atoms with van der Waals surface area (Å²) >= 11 is 18.7. The quantitative estimate of drug-likeness (QED) is 0.350. The lowest BCUT2D eigenvalue weighted by atomic mass is 9.95. The fourth-order valence-electron chi connectivity index (χ4n) is 4.72. The normalized spacial score (nSPS) is 14.9. The summed E-state index contributed by atoms with van der Waals surface area (Å²) in [5.41, 5.74) is 0.776. The largest absolute Gasteiger partial charge is 0.495 e. The molecule has 1 saturated carbocycles. The number of rotatable bonds is 11. The average Bonchev–Trinajstić information content (AvgIpc) is 2.88. The van der Waals surface area contributed by atoms with Gasteiger partial charge in [0.2, 0.25) is 21.8 Å². The molecular weight excluding hydrogens is 585 g/mol. The van der Waals surface area contributed by atoms with Crippen molar-refractivity contribution in [3.63, 3.8) is 0 Å². The van der Waals surface area contributed by atoms with E-state index in [4.69, 9.17) is 39.5 Å². The van der Waals surface area contributed by atoms with Crippen LogP contribution in [0.5, 0.6) is 5.75 Å². The maximum Gasteiger partial charge on any atom is 0.244 e. The van der Waals surface area contributed by atoms with Crippen LogP contribution in [-0.2, 0) is 26.2 Å². The van der Waals surface area contributed by atoms with E-state index in [9.17, 15) is 18.0 Å². The highest BCUT2D eigenvalue weighted by Gasteiger charge is 2.33. The number of carbonyl (C=O) groups excluding carboxylic acids is 2. The summed E-state index contributed by atoms with van der Waals surface area (Å²) in [4.78, 5) is 28.7. The molecule has 0 unspecified atom stereocenters. The number of hydrogen-bond donors (Lipinski definition) is 1. The predicted molar refractivity (Wildman–Crippen MR) is 156 cm³/mol. The molecule has 214 valence electrons. The van der Waals surface area contributed by atoms with E-state index in [1.54, 1.807) is 18.2 Å². The van der Waals surface area contributed by atoms with Crippen LogP contribution in [0.25, 0.3) is 0 Å². The third kappa shape index (κ3) is 8.39. The van der Waals surface area contributed by atoms with Crippen LogP contribution in [0.1, 0.15) is 51.0 Å². The minimum absolute atomic E-state index is 0.00754. The summed E-state index contributed by atoms with van der Waals surface area (Å²) in [7, 11) is -2.46. The molecule has 0 heterocycles. The number of ether oxygens (including phenoxy) is 1. The minimum Gasteiger partial charge on any atom is -0.495 e. The molecule has 0 saturated heterocycles. The van der Waals surface area contributed by atoms with Crippen LogP contribution < -0.4 is 14.4 Å². The van der Waals surface area contributed by atoms with Crippen molar-refractivity contribution in [2.45, 2.75) is 64.1 Å². The molecule has 8 nitrogen and oxygen atoms in total. The Balaban J connectivity index is 1.96. The molecule has 0 aromatic heterocycles. The minimum atomic E-state index is -3.90. The molecule has 2 aromatic carbocycles. The first-order valence-electron chi connectivity index (χ1n) is 12.8. The SMILES string of the molecule is CC[C@@H](C(=O)NC1CCCCC1)N(Cc1ccc(Cl)cc1Cl)C(=O)CN(c1ccc(OC)c(Cl)c1)S(C)(=O)=O. The lowest BCUT2D eigenvalue weighted by Gasteiger charge is -2.34. The van der Waals surface area contributed by atoms with Crippen LogP contribution in [0.4, 0.5) is 5.69 Å². The van der Waals surface area contributed by atoms with Crippen molar-refractivity contribution in [2.75, 3.05) is 24.2 Å². The van der Waals surface area contributed by atoms with Crippen molar-refractivity contribution in [1.29, 1.82) is 0 Å². The molecule has 1 N–H and O–H groups in total. The van der Waals surface area contributed by atoms with Gasteiger partial charge in [-0.15, -0.1) is 0 Å². The summed E-state index contributed by atoms with van der Waals surface area (Å²) < 4.78 is 31.7. The lowest BCUT2D eigenvalue weighted by Crippen LogP contribution is -2.54. The van der Waals surface area contributed by atoms with Crippen molar-refractivity contribution in [1.82, 2.24) is 10.2 Å². The Morgan fingerprint density at radius 3 is 2.31 bits per heavy atom. The van der Waals surface area contributed by atoms with E-state index in [0.29, 0.717) is 27.8 Å². The van der Waals surface area contributed by atoms with Crippen LogP contribution in [0.15, 0.2) is 36.4 Å². The van der Waals surface area contributed by atoms with E-state index in [0.717, 1.165) is 42.7 Å². The van der Waals surface area contributed by atoms with E-state index < -0.39 is 28.5 Å². The lowest BCUT2D eigenvalue weighted by molar-refractivity contribution is -0.140. The maximum absolute atomic E-state index is 13.9. The fraction of sp³-hybridized carbons (Fsp3) is 0.481. The van der Waals surface area contributed by atoms with Crippen molar-refractivity contribution >= 4 is 62.3 Å². The fourth-order valence-corrected chi connectivity index (χ4v) is 6.28. The van der Waals surface area contributed by atoms with Gasteiger partial charge in [0.1, 0.15) is 18.3 Å². The van der Waals surface area contributed by atoms with E-state index in [2.05, 4.69) is 5.32 Å². The first-order chi connectivity index (χ1) is 18.4. The third-order valence-electron chi connectivity index (χ3n) is 6.80. The van der Waals surface area contributed by atoms with Crippen molar-refractivity contribution in [3.8, 4) is 5.75 Å². The van der Waals surface area contributed by atoms with Gasteiger partial charge in [-0.05, 0) is 55.2 Å². The van der Waals surface area contributed by atoms with Gasteiger partial charge in [-0.1, -0.05) is 67.1 Å². The topological polar surface area (TPSA) is 96.0 Å². The number of carbonyl (C=O) groups is 2. The van der Waals surface area contributed by atoms with Gasteiger partial charge in [-0.2, -0.15) is 0 Å². The molecule has 1 fully saturated rings. The Hall–Kier alpha value is -2.20. The molecule has 2 aromatic rings. The first-order valence-corrected chi connectivity index (χ1v) is 15.8. The van der Waals surface area contributed by atoms with Crippen molar-refractivity contribution in [3.05, 3.63) is 57.0 Å². The second-order valence-corrected chi connectivity index (χ2v) is 12.8. The highest BCUT2D eigenvalue weighted by Crippen LogP contribution is 2.31. The Labute approximate surface area is 245 Å².